The Morgan fingerprint density at radius 3 is 1.23 bits per heavy atom. The number of nitrogens with zero attached hydrogens (tertiary/aromatic N) is 9. The lowest BCUT2D eigenvalue weighted by Crippen LogP contribution is -2.24. The summed E-state index contributed by atoms with van der Waals surface area (Å²) >= 11 is 7.22. The smallest absolute Gasteiger partial charge is 0.263 e. The number of aliphatic hydroxyl groups is 5. The van der Waals surface area contributed by atoms with E-state index in [1.165, 1.54) is 32.6 Å². The zero-order valence-corrected chi connectivity index (χ0v) is 51.4. The Hall–Kier alpha value is -8.98. The van der Waals surface area contributed by atoms with Gasteiger partial charge < -0.3 is 55.0 Å². The molecule has 2 amide bonds. The van der Waals surface area contributed by atoms with Crippen LogP contribution in [0.1, 0.15) is 133 Å². The molecule has 0 aliphatic carbocycles. The van der Waals surface area contributed by atoms with E-state index in [4.69, 9.17) is 46.1 Å². The fraction of sp³-hybridized carbons (Fsp3) is 0.462. The van der Waals surface area contributed by atoms with Crippen molar-refractivity contribution in [2.45, 2.75) is 158 Å². The lowest BCUT2D eigenvalue weighted by molar-refractivity contribution is -0.119. The van der Waals surface area contributed by atoms with Gasteiger partial charge in [0.05, 0.1) is 70.4 Å². The third-order valence-electron chi connectivity index (χ3n) is 15.3. The first-order valence-corrected chi connectivity index (χ1v) is 29.5. The van der Waals surface area contributed by atoms with E-state index in [0.717, 1.165) is 28.2 Å². The minimum absolute atomic E-state index is 0. The molecule has 12 N–H and O–H groups in total. The molecule has 9 heterocycles. The van der Waals surface area contributed by atoms with Gasteiger partial charge in [-0.15, -0.1) is 11.6 Å². The molecular formula is C65H92ClN15O15. The second-order valence-electron chi connectivity index (χ2n) is 22.1. The average Bonchev–Trinajstić information content (AvgIpc) is 1.05. The number of aromatic nitrogens is 12. The van der Waals surface area contributed by atoms with Crippen molar-refractivity contribution in [1.29, 1.82) is 0 Å². The number of aromatic amines is 3. The highest BCUT2D eigenvalue weighted by atomic mass is 35.5. The predicted molar refractivity (Wildman–Crippen MR) is 366 cm³/mol. The number of anilines is 3. The Morgan fingerprint density at radius 2 is 0.906 bits per heavy atom. The van der Waals surface area contributed by atoms with Crippen LogP contribution in [0, 0.1) is 11.8 Å². The summed E-state index contributed by atoms with van der Waals surface area (Å²) in [7, 11) is 3.31. The average molecular weight is 1360 g/mol. The van der Waals surface area contributed by atoms with Crippen LogP contribution in [-0.4, -0.2) is 161 Å². The van der Waals surface area contributed by atoms with Crippen LogP contribution in [-0.2, 0) is 28.7 Å². The van der Waals surface area contributed by atoms with Crippen LogP contribution in [0.2, 0.25) is 0 Å². The summed E-state index contributed by atoms with van der Waals surface area (Å²) in [5, 5.41) is 66.0. The Kier molecular flexibility index (Phi) is 28.7. The summed E-state index contributed by atoms with van der Waals surface area (Å²) in [6.07, 6.45) is 0.0665. The number of rotatable bonds is 15. The van der Waals surface area contributed by atoms with Gasteiger partial charge >= 0.3 is 0 Å². The van der Waals surface area contributed by atoms with Crippen molar-refractivity contribution in [2.24, 2.45) is 11.8 Å². The molecule has 31 heteroatoms. The van der Waals surface area contributed by atoms with Gasteiger partial charge in [0.2, 0.25) is 29.7 Å². The number of ether oxygens (including phenoxy) is 5. The van der Waals surface area contributed by atoms with Crippen molar-refractivity contribution in [2.75, 3.05) is 43.8 Å². The lowest BCUT2D eigenvalue weighted by atomic mass is 9.84. The van der Waals surface area contributed by atoms with E-state index in [1.807, 2.05) is 85.8 Å². The largest absolute Gasteiger partial charge is 0.497 e. The minimum Gasteiger partial charge on any atom is -0.497 e. The summed E-state index contributed by atoms with van der Waals surface area (Å²) in [4.78, 5) is 78.7. The lowest BCUT2D eigenvalue weighted by Gasteiger charge is -2.29. The Balaban J connectivity index is 0.000000268. The summed E-state index contributed by atoms with van der Waals surface area (Å²) < 4.78 is 31.5. The van der Waals surface area contributed by atoms with Crippen LogP contribution in [0.25, 0.3) is 33.1 Å². The molecule has 12 rings (SSSR count). The number of alkyl halides is 1. The number of amides is 2. The van der Waals surface area contributed by atoms with Crippen LogP contribution in [0.15, 0.2) is 112 Å². The first-order valence-electron chi connectivity index (χ1n) is 29.1. The molecule has 0 bridgehead atoms. The molecule has 3 saturated heterocycles. The van der Waals surface area contributed by atoms with E-state index in [2.05, 4.69) is 55.8 Å². The zero-order valence-electron chi connectivity index (χ0n) is 50.6. The number of benzene rings is 3. The van der Waals surface area contributed by atoms with E-state index < -0.39 is 65.2 Å². The van der Waals surface area contributed by atoms with Crippen molar-refractivity contribution < 1.29 is 58.8 Å². The standard InChI is InChI=1S/C21H19ClO2.C15H21N5O4.C14H19N5O5.C10H13N5O4.5CH4/c1-23-19-12-8-17(9-13-19)21(22,16-6-4-3-5-7-16)18-10-14-20(24-2)15-11-18;1-4-10-9(21)5-11(24-10)20-12-8(6-16-20)14(23)19-15(17-12)18-13(22)7(2)3;1-6(2)12(22)17-14-16-11-7(13(23)18-14)4-15-19(11)10-3-8(21)9(5-20)24-10;11-10-13-8-4(9(18)14-10)2-12-15(8)7-1-5(17)6(3-16)19-7;;;;;/h3-15H,1-2H3;6-7,9-11,21H,4-5H2,1-3H3,(H2,17,18,19,22,23);4,6,8-10,20-21H,3,5H2,1-2H3,(H2,16,17,18,22,23);2,5-7,16-17H,1,3H2,(H3,11,13,14,18);5*1H4/t;9-,10+,11+;8-,9+,10+;5-,6+,7+;;;;;/m.000...../s1. The van der Waals surface area contributed by atoms with E-state index in [1.54, 1.807) is 41.9 Å². The fourth-order valence-corrected chi connectivity index (χ4v) is 10.6. The highest BCUT2D eigenvalue weighted by molar-refractivity contribution is 6.28. The maximum Gasteiger partial charge on any atom is 0.263 e. The second kappa shape index (κ2) is 34.6. The molecule has 3 fully saturated rings. The predicted octanol–water partition coefficient (Wildman–Crippen LogP) is 6.88. The summed E-state index contributed by atoms with van der Waals surface area (Å²) in [5.74, 6) is 0.643. The number of nitrogens with one attached hydrogen (secondary N) is 5. The Bertz CT molecular complexity index is 3960. The SMILES string of the molecule is C.C.C.C.C.CC(C)C(=O)Nc1nc2c(cnn2[C@H]2C[C@H](O)[C@@H](CO)O2)c(=O)[nH]1.CC[C@H]1O[C@@H](n2ncc3c(=O)[nH]c(NC(=O)C(C)C)nc32)C[C@@H]1O.COc1ccc(C(Cl)(c2ccccc2)c2ccc(OC)cc2)cc1.Nc1nc2c(cnn2[C@H]2C[C@H](O)[C@@H](CO)O2)c(=O)[nH]1. The molecule has 9 aromatic rings. The van der Waals surface area contributed by atoms with Crippen molar-refractivity contribution >= 4 is 74.4 Å². The maximum atomic E-state index is 12.2. The molecule has 9 atom stereocenters. The summed E-state index contributed by atoms with van der Waals surface area (Å²) in [5.41, 5.74) is 8.10. The van der Waals surface area contributed by atoms with Crippen LogP contribution in [0.4, 0.5) is 17.8 Å². The number of aliphatic hydroxyl groups excluding tert-OH is 5. The van der Waals surface area contributed by atoms with Crippen LogP contribution in [0.3, 0.4) is 0 Å². The molecule has 0 spiro atoms. The number of halogens is 1. The molecule has 0 radical (unpaired) electrons. The quantitative estimate of drug-likeness (QED) is 0.0368. The van der Waals surface area contributed by atoms with Gasteiger partial charge in [-0.3, -0.25) is 49.6 Å². The molecule has 30 nitrogen and oxygen atoms in total. The van der Waals surface area contributed by atoms with E-state index >= 15 is 0 Å². The normalized spacial score (nSPS) is 20.1. The number of nitrogens with two attached hydrogens (primary N) is 1. The van der Waals surface area contributed by atoms with Gasteiger partial charge in [0.1, 0.15) is 44.7 Å². The minimum atomic E-state index is -0.832. The Labute approximate surface area is 560 Å². The van der Waals surface area contributed by atoms with Crippen molar-refractivity contribution in [3.63, 3.8) is 0 Å². The van der Waals surface area contributed by atoms with Crippen LogP contribution in [0.5, 0.6) is 11.5 Å². The summed E-state index contributed by atoms with van der Waals surface area (Å²) in [6.45, 7) is 8.26. The Morgan fingerprint density at radius 1 is 0.573 bits per heavy atom. The number of carbonyl (C=O) groups excluding carboxylic acids is 2. The van der Waals surface area contributed by atoms with Crippen LogP contribution >= 0.6 is 11.6 Å². The molecule has 6 aromatic heterocycles. The van der Waals surface area contributed by atoms with Gasteiger partial charge in [-0.1, -0.05) is 126 Å². The van der Waals surface area contributed by atoms with Crippen molar-refractivity contribution in [1.82, 2.24) is 59.2 Å². The highest BCUT2D eigenvalue weighted by Gasteiger charge is 2.39. The number of hydrogen-bond acceptors (Lipinski definition) is 22. The molecule has 3 aromatic carbocycles. The number of hydrogen-bond donors (Lipinski definition) is 11. The van der Waals surface area contributed by atoms with E-state index in [9.17, 15) is 44.4 Å². The van der Waals surface area contributed by atoms with E-state index in [0.29, 0.717) is 29.3 Å². The monoisotopic (exact) mass is 1360 g/mol. The van der Waals surface area contributed by atoms with Gasteiger partial charge in [0, 0.05) is 31.1 Å². The third kappa shape index (κ3) is 17.3. The van der Waals surface area contributed by atoms with Gasteiger partial charge in [-0.2, -0.15) is 30.2 Å². The third-order valence-corrected chi connectivity index (χ3v) is 15.9. The number of carbonyl (C=O) groups is 2. The molecule has 0 unspecified atom stereocenters. The molecule has 3 aliphatic heterocycles. The molecule has 96 heavy (non-hydrogen) atoms. The molecule has 3 aliphatic rings. The topological polar surface area (TPSA) is 422 Å². The fourth-order valence-electron chi connectivity index (χ4n) is 10.2. The summed E-state index contributed by atoms with van der Waals surface area (Å²) in [6, 6.07) is 25.8. The van der Waals surface area contributed by atoms with Gasteiger partial charge in [0.15, 0.2) is 35.6 Å². The molecular weight excluding hydrogens is 1270 g/mol. The second-order valence-corrected chi connectivity index (χ2v) is 22.7. The van der Waals surface area contributed by atoms with Crippen molar-refractivity contribution in [3.8, 4) is 11.5 Å². The van der Waals surface area contributed by atoms with Crippen molar-refractivity contribution in [3.05, 3.63) is 145 Å². The van der Waals surface area contributed by atoms with Gasteiger partial charge in [-0.05, 0) is 47.4 Å². The highest BCUT2D eigenvalue weighted by Crippen LogP contribution is 2.44. The van der Waals surface area contributed by atoms with Crippen LogP contribution < -0.4 is 42.5 Å². The number of nitrogen functional groups attached to an aromatic ring is 1. The molecule has 0 saturated carbocycles. The molecule has 524 valence electrons. The zero-order chi connectivity index (χ0) is 65.4. The van der Waals surface area contributed by atoms with Gasteiger partial charge in [-0.25, -0.2) is 14.0 Å². The van der Waals surface area contributed by atoms with Gasteiger partial charge in [0.25, 0.3) is 16.7 Å². The maximum absolute atomic E-state index is 12.2. The first-order chi connectivity index (χ1) is 43.6. The first kappa shape index (κ1) is 79.5. The number of methoxy groups -OCH3 is 2. The van der Waals surface area contributed by atoms with E-state index in [-0.39, 0.29) is 133 Å². The number of fused-ring (bicyclic) bond motifs is 3. The number of H-pyrrole nitrogens is 3.